The van der Waals surface area contributed by atoms with Crippen LogP contribution in [0.4, 0.5) is 9.18 Å². The van der Waals surface area contributed by atoms with Crippen LogP contribution in [0.3, 0.4) is 0 Å². The molecular formula is C24H32FN3O4S. The number of hydrogen-bond acceptors (Lipinski definition) is 5. The summed E-state index contributed by atoms with van der Waals surface area (Å²) in [5, 5.41) is 4.88. The van der Waals surface area contributed by atoms with Crippen LogP contribution in [0.15, 0.2) is 35.7 Å². The van der Waals surface area contributed by atoms with Crippen molar-refractivity contribution in [3.8, 4) is 5.75 Å². The molecule has 180 valence electrons. The SMILES string of the molecule is COCCCN(CC(=O)N1CCc2sccc2[C@@H]1COc1cccc(F)c1)C(=O)NC(C)C. The first-order chi connectivity index (χ1) is 15.9. The van der Waals surface area contributed by atoms with Gasteiger partial charge in [0, 0.05) is 43.8 Å². The lowest BCUT2D eigenvalue weighted by atomic mass is 10.0. The molecule has 0 unspecified atom stereocenters. The van der Waals surface area contributed by atoms with Gasteiger partial charge in [0.15, 0.2) is 0 Å². The van der Waals surface area contributed by atoms with Gasteiger partial charge in [-0.1, -0.05) is 6.07 Å². The Kier molecular flexibility index (Phi) is 9.08. The lowest BCUT2D eigenvalue weighted by Crippen LogP contribution is -2.51. The highest BCUT2D eigenvalue weighted by Gasteiger charge is 2.33. The summed E-state index contributed by atoms with van der Waals surface area (Å²) in [6.45, 7) is 5.41. The summed E-state index contributed by atoms with van der Waals surface area (Å²) in [6, 6.07) is 7.39. The Bertz CT molecular complexity index is 936. The largest absolute Gasteiger partial charge is 0.491 e. The Morgan fingerprint density at radius 3 is 2.88 bits per heavy atom. The number of halogens is 1. The lowest BCUT2D eigenvalue weighted by molar-refractivity contribution is -0.135. The predicted molar refractivity (Wildman–Crippen MR) is 126 cm³/mol. The Hall–Kier alpha value is -2.65. The Balaban J connectivity index is 1.74. The van der Waals surface area contributed by atoms with Crippen LogP contribution in [0.1, 0.15) is 36.8 Å². The van der Waals surface area contributed by atoms with Gasteiger partial charge in [-0.2, -0.15) is 0 Å². The maximum atomic E-state index is 13.6. The molecule has 2 aromatic rings. The van der Waals surface area contributed by atoms with Crippen LogP contribution in [-0.2, 0) is 16.0 Å². The van der Waals surface area contributed by atoms with Crippen LogP contribution >= 0.6 is 11.3 Å². The summed E-state index contributed by atoms with van der Waals surface area (Å²) in [7, 11) is 1.61. The number of rotatable bonds is 10. The zero-order valence-electron chi connectivity index (χ0n) is 19.4. The van der Waals surface area contributed by atoms with E-state index in [1.807, 2.05) is 25.3 Å². The van der Waals surface area contributed by atoms with E-state index in [-0.39, 0.29) is 43.0 Å². The van der Waals surface area contributed by atoms with Crippen LogP contribution in [0.5, 0.6) is 5.75 Å². The number of hydrogen-bond donors (Lipinski definition) is 1. The highest BCUT2D eigenvalue weighted by molar-refractivity contribution is 7.10. The number of methoxy groups -OCH3 is 1. The van der Waals surface area contributed by atoms with Gasteiger partial charge in [-0.05, 0) is 55.8 Å². The van der Waals surface area contributed by atoms with Crippen molar-refractivity contribution < 1.29 is 23.5 Å². The van der Waals surface area contributed by atoms with E-state index in [2.05, 4.69) is 5.32 Å². The van der Waals surface area contributed by atoms with Crippen molar-refractivity contribution >= 4 is 23.3 Å². The minimum atomic E-state index is -0.372. The molecule has 7 nitrogen and oxygen atoms in total. The zero-order valence-corrected chi connectivity index (χ0v) is 20.2. The molecule has 1 aliphatic rings. The van der Waals surface area contributed by atoms with Gasteiger partial charge in [0.25, 0.3) is 0 Å². The van der Waals surface area contributed by atoms with Gasteiger partial charge in [-0.25, -0.2) is 9.18 Å². The van der Waals surface area contributed by atoms with Gasteiger partial charge in [0.05, 0.1) is 6.04 Å². The molecule has 1 N–H and O–H groups in total. The molecule has 3 rings (SSSR count). The average Bonchev–Trinajstić information content (AvgIpc) is 3.25. The third-order valence-corrected chi connectivity index (χ3v) is 6.42. The Labute approximate surface area is 198 Å². The first-order valence-electron chi connectivity index (χ1n) is 11.2. The molecule has 1 aromatic carbocycles. The van der Waals surface area contributed by atoms with Crippen LogP contribution in [0.25, 0.3) is 0 Å². The molecule has 9 heteroatoms. The second-order valence-corrected chi connectivity index (χ2v) is 9.29. The Morgan fingerprint density at radius 2 is 2.15 bits per heavy atom. The monoisotopic (exact) mass is 477 g/mol. The van der Waals surface area contributed by atoms with E-state index >= 15 is 0 Å². The van der Waals surface area contributed by atoms with Crippen molar-refractivity contribution in [3.63, 3.8) is 0 Å². The van der Waals surface area contributed by atoms with Crippen LogP contribution in [0.2, 0.25) is 0 Å². The molecule has 1 aromatic heterocycles. The first kappa shape index (κ1) is 25.0. The summed E-state index contributed by atoms with van der Waals surface area (Å²) in [5.74, 6) is -0.0959. The average molecular weight is 478 g/mol. The number of carbonyl (C=O) groups excluding carboxylic acids is 2. The van der Waals surface area contributed by atoms with Crippen LogP contribution in [0, 0.1) is 5.82 Å². The number of urea groups is 1. The molecule has 0 saturated carbocycles. The van der Waals surface area contributed by atoms with Gasteiger partial charge < -0.3 is 24.6 Å². The topological polar surface area (TPSA) is 71.1 Å². The van der Waals surface area contributed by atoms with Crippen molar-refractivity contribution in [2.24, 2.45) is 0 Å². The smallest absolute Gasteiger partial charge is 0.318 e. The van der Waals surface area contributed by atoms with E-state index in [9.17, 15) is 14.0 Å². The molecule has 0 saturated heterocycles. The molecule has 0 bridgehead atoms. The fourth-order valence-electron chi connectivity index (χ4n) is 3.85. The normalized spacial score (nSPS) is 15.3. The first-order valence-corrected chi connectivity index (χ1v) is 12.1. The number of nitrogens with zero attached hydrogens (tertiary/aromatic N) is 2. The molecule has 1 aliphatic heterocycles. The van der Waals surface area contributed by atoms with E-state index < -0.39 is 0 Å². The van der Waals surface area contributed by atoms with Crippen molar-refractivity contribution in [1.29, 1.82) is 0 Å². The summed E-state index contributed by atoms with van der Waals surface area (Å²) in [6.07, 6.45) is 1.40. The summed E-state index contributed by atoms with van der Waals surface area (Å²) >= 11 is 1.66. The number of amides is 3. The van der Waals surface area contributed by atoms with Crippen LogP contribution < -0.4 is 10.1 Å². The maximum absolute atomic E-state index is 13.6. The van der Waals surface area contributed by atoms with E-state index in [4.69, 9.17) is 9.47 Å². The summed E-state index contributed by atoms with van der Waals surface area (Å²) < 4.78 is 24.6. The fraction of sp³-hybridized carbons (Fsp3) is 0.500. The third-order valence-electron chi connectivity index (χ3n) is 5.42. The number of benzene rings is 1. The van der Waals surface area contributed by atoms with E-state index in [0.717, 1.165) is 12.0 Å². The van der Waals surface area contributed by atoms with Crippen LogP contribution in [-0.4, -0.2) is 67.7 Å². The number of thiophene rings is 1. The molecule has 3 amide bonds. The molecule has 2 heterocycles. The second kappa shape index (κ2) is 12.0. The second-order valence-electron chi connectivity index (χ2n) is 8.29. The highest BCUT2D eigenvalue weighted by Crippen LogP contribution is 2.34. The standard InChI is InChI=1S/C24H32FN3O4S/c1-17(2)26-24(30)27(10-5-12-31-3)15-23(29)28-11-8-22-20(9-13-33-22)21(28)16-32-19-7-4-6-18(25)14-19/h4,6-7,9,13-14,17,21H,5,8,10-12,15-16H2,1-3H3,(H,26,30)/t21-/m0/s1. The molecule has 1 atom stereocenters. The summed E-state index contributed by atoms with van der Waals surface area (Å²) in [5.41, 5.74) is 1.05. The Morgan fingerprint density at radius 1 is 1.33 bits per heavy atom. The summed E-state index contributed by atoms with van der Waals surface area (Å²) in [4.78, 5) is 30.6. The van der Waals surface area contributed by atoms with Crippen molar-refractivity contribution in [1.82, 2.24) is 15.1 Å². The van der Waals surface area contributed by atoms with Gasteiger partial charge in [-0.3, -0.25) is 4.79 Å². The quantitative estimate of drug-likeness (QED) is 0.528. The maximum Gasteiger partial charge on any atom is 0.318 e. The predicted octanol–water partition coefficient (Wildman–Crippen LogP) is 3.85. The van der Waals surface area contributed by atoms with E-state index in [0.29, 0.717) is 31.9 Å². The van der Waals surface area contributed by atoms with Crippen molar-refractivity contribution in [2.75, 3.05) is 40.0 Å². The minimum Gasteiger partial charge on any atom is -0.491 e. The molecule has 0 fully saturated rings. The molecular weight excluding hydrogens is 445 g/mol. The number of fused-ring (bicyclic) bond motifs is 1. The van der Waals surface area contributed by atoms with Crippen molar-refractivity contribution in [3.05, 3.63) is 52.0 Å². The third kappa shape index (κ3) is 6.91. The molecule has 0 aliphatic carbocycles. The number of carbonyl (C=O) groups is 2. The lowest BCUT2D eigenvalue weighted by Gasteiger charge is -2.37. The van der Waals surface area contributed by atoms with E-state index in [1.54, 1.807) is 35.5 Å². The van der Waals surface area contributed by atoms with Gasteiger partial charge in [0.2, 0.25) is 5.91 Å². The highest BCUT2D eigenvalue weighted by atomic mass is 32.1. The number of ether oxygens (including phenoxy) is 2. The minimum absolute atomic E-state index is 0.0296. The van der Waals surface area contributed by atoms with E-state index in [1.165, 1.54) is 21.9 Å². The molecule has 33 heavy (non-hydrogen) atoms. The fourth-order valence-corrected chi connectivity index (χ4v) is 4.78. The number of nitrogens with one attached hydrogen (secondary N) is 1. The zero-order chi connectivity index (χ0) is 23.8. The van der Waals surface area contributed by atoms with Crippen molar-refractivity contribution in [2.45, 2.75) is 38.8 Å². The van der Waals surface area contributed by atoms with Gasteiger partial charge in [-0.15, -0.1) is 11.3 Å². The van der Waals surface area contributed by atoms with Gasteiger partial charge in [0.1, 0.15) is 24.7 Å². The van der Waals surface area contributed by atoms with Gasteiger partial charge >= 0.3 is 6.03 Å². The molecule has 0 spiro atoms. The molecule has 0 radical (unpaired) electrons.